The average molecular weight is 419 g/mol. The summed E-state index contributed by atoms with van der Waals surface area (Å²) in [5, 5.41) is 6.53. The monoisotopic (exact) mass is 418 g/mol. The molecule has 2 rings (SSSR count). The zero-order chi connectivity index (χ0) is 21.1. The molecule has 0 heterocycles. The fraction of sp³-hybridized carbons (Fsp3) is 0.381. The van der Waals surface area contributed by atoms with Gasteiger partial charge in [0.2, 0.25) is 10.0 Å². The highest BCUT2D eigenvalue weighted by atomic mass is 32.2. The molecule has 0 fully saturated rings. The van der Waals surface area contributed by atoms with Crippen LogP contribution >= 0.6 is 0 Å². The first-order valence-corrected chi connectivity index (χ1v) is 11.1. The number of hydrogen-bond donors (Lipinski definition) is 3. The van der Waals surface area contributed by atoms with E-state index in [0.29, 0.717) is 25.7 Å². The summed E-state index contributed by atoms with van der Waals surface area (Å²) < 4.78 is 32.1. The Hall–Kier alpha value is -2.42. The molecular formula is C21H30N4O3S. The Morgan fingerprint density at radius 2 is 1.76 bits per heavy atom. The van der Waals surface area contributed by atoms with Crippen LogP contribution in [0.2, 0.25) is 0 Å². The van der Waals surface area contributed by atoms with E-state index in [-0.39, 0.29) is 11.4 Å². The van der Waals surface area contributed by atoms with E-state index >= 15 is 0 Å². The van der Waals surface area contributed by atoms with Crippen LogP contribution in [-0.4, -0.2) is 41.7 Å². The van der Waals surface area contributed by atoms with Crippen LogP contribution in [0.4, 0.5) is 0 Å². The van der Waals surface area contributed by atoms with E-state index in [1.807, 2.05) is 18.2 Å². The Kier molecular flexibility index (Phi) is 9.11. The molecule has 0 aliphatic rings. The third-order valence-corrected chi connectivity index (χ3v) is 5.89. The molecule has 158 valence electrons. The van der Waals surface area contributed by atoms with E-state index in [1.54, 1.807) is 25.2 Å². The average Bonchev–Trinajstić information content (AvgIpc) is 2.74. The van der Waals surface area contributed by atoms with Crippen LogP contribution in [-0.2, 0) is 34.3 Å². The van der Waals surface area contributed by atoms with Crippen molar-refractivity contribution in [2.75, 3.05) is 27.3 Å². The molecule has 3 N–H and O–H groups in total. The first-order chi connectivity index (χ1) is 14.0. The Morgan fingerprint density at radius 3 is 2.45 bits per heavy atom. The molecule has 7 nitrogen and oxygen atoms in total. The van der Waals surface area contributed by atoms with E-state index in [9.17, 15) is 8.42 Å². The minimum absolute atomic E-state index is 0.229. The van der Waals surface area contributed by atoms with Crippen molar-refractivity contribution in [2.24, 2.45) is 4.99 Å². The molecule has 2 aromatic carbocycles. The summed E-state index contributed by atoms with van der Waals surface area (Å²) in [6.07, 6.45) is 0.976. The molecule has 0 bridgehead atoms. The number of aliphatic imine (C=N–C) groups is 1. The van der Waals surface area contributed by atoms with E-state index in [1.165, 1.54) is 18.2 Å². The number of guanidine groups is 1. The SMILES string of the molecule is CCc1ccccc1CNC(=NC)NCc1cccc(S(=O)(=O)NCCOC)c1. The summed E-state index contributed by atoms with van der Waals surface area (Å²) in [5.41, 5.74) is 3.37. The summed E-state index contributed by atoms with van der Waals surface area (Å²) in [5.74, 6) is 0.655. The second kappa shape index (κ2) is 11.5. The smallest absolute Gasteiger partial charge is 0.240 e. The van der Waals surface area contributed by atoms with Crippen molar-refractivity contribution in [1.29, 1.82) is 0 Å². The number of methoxy groups -OCH3 is 1. The topological polar surface area (TPSA) is 91.8 Å². The van der Waals surface area contributed by atoms with Crippen LogP contribution in [0.1, 0.15) is 23.6 Å². The number of nitrogens with one attached hydrogen (secondary N) is 3. The van der Waals surface area contributed by atoms with Gasteiger partial charge in [0, 0.05) is 33.8 Å². The van der Waals surface area contributed by atoms with Crippen LogP contribution in [0.15, 0.2) is 58.4 Å². The lowest BCUT2D eigenvalue weighted by atomic mass is 10.1. The number of sulfonamides is 1. The van der Waals surface area contributed by atoms with Crippen molar-refractivity contribution in [3.05, 3.63) is 65.2 Å². The van der Waals surface area contributed by atoms with Crippen LogP contribution < -0.4 is 15.4 Å². The van der Waals surface area contributed by atoms with Crippen LogP contribution in [0, 0.1) is 0 Å². The van der Waals surface area contributed by atoms with Crippen molar-refractivity contribution in [3.8, 4) is 0 Å². The van der Waals surface area contributed by atoms with Crippen molar-refractivity contribution < 1.29 is 13.2 Å². The number of nitrogens with zero attached hydrogens (tertiary/aromatic N) is 1. The van der Waals surface area contributed by atoms with Gasteiger partial charge in [-0.15, -0.1) is 0 Å². The van der Waals surface area contributed by atoms with Crippen molar-refractivity contribution in [1.82, 2.24) is 15.4 Å². The van der Waals surface area contributed by atoms with E-state index in [4.69, 9.17) is 4.74 Å². The summed E-state index contributed by atoms with van der Waals surface area (Å²) in [6, 6.07) is 15.1. The number of aryl methyl sites for hydroxylation is 1. The third kappa shape index (κ3) is 7.16. The first kappa shape index (κ1) is 22.9. The highest BCUT2D eigenvalue weighted by Crippen LogP contribution is 2.12. The fourth-order valence-electron chi connectivity index (χ4n) is 2.84. The Morgan fingerprint density at radius 1 is 1.03 bits per heavy atom. The molecular weight excluding hydrogens is 388 g/mol. The summed E-state index contributed by atoms with van der Waals surface area (Å²) in [7, 11) is -0.317. The number of ether oxygens (including phenoxy) is 1. The maximum absolute atomic E-state index is 12.4. The van der Waals surface area contributed by atoms with Gasteiger partial charge < -0.3 is 15.4 Å². The Balaban J connectivity index is 1.96. The number of hydrogen-bond acceptors (Lipinski definition) is 4. The molecule has 0 spiro atoms. The van der Waals surface area contributed by atoms with Crippen molar-refractivity contribution in [3.63, 3.8) is 0 Å². The molecule has 0 aliphatic carbocycles. The molecule has 2 aromatic rings. The summed E-state index contributed by atoms with van der Waals surface area (Å²) >= 11 is 0. The van der Waals surface area contributed by atoms with Gasteiger partial charge in [0.15, 0.2) is 5.96 Å². The lowest BCUT2D eigenvalue weighted by molar-refractivity contribution is 0.204. The minimum Gasteiger partial charge on any atom is -0.383 e. The highest BCUT2D eigenvalue weighted by molar-refractivity contribution is 7.89. The lowest BCUT2D eigenvalue weighted by Gasteiger charge is -2.14. The normalized spacial score (nSPS) is 12.0. The van der Waals surface area contributed by atoms with Gasteiger partial charge >= 0.3 is 0 Å². The predicted octanol–water partition coefficient (Wildman–Crippen LogP) is 2.04. The molecule has 0 saturated heterocycles. The number of benzene rings is 2. The predicted molar refractivity (Wildman–Crippen MR) is 116 cm³/mol. The maximum Gasteiger partial charge on any atom is 0.240 e. The van der Waals surface area contributed by atoms with Gasteiger partial charge in [-0.2, -0.15) is 0 Å². The van der Waals surface area contributed by atoms with Crippen molar-refractivity contribution >= 4 is 16.0 Å². The van der Waals surface area contributed by atoms with E-state index in [2.05, 4.69) is 39.4 Å². The van der Waals surface area contributed by atoms with Gasteiger partial charge in [-0.1, -0.05) is 43.3 Å². The van der Waals surface area contributed by atoms with Gasteiger partial charge in [0.25, 0.3) is 0 Å². The fourth-order valence-corrected chi connectivity index (χ4v) is 3.93. The Bertz CT molecular complexity index is 914. The van der Waals surface area contributed by atoms with Crippen LogP contribution in [0.25, 0.3) is 0 Å². The van der Waals surface area contributed by atoms with E-state index < -0.39 is 10.0 Å². The quantitative estimate of drug-likeness (QED) is 0.312. The summed E-state index contributed by atoms with van der Waals surface area (Å²) in [4.78, 5) is 4.47. The molecule has 0 radical (unpaired) electrons. The molecule has 8 heteroatoms. The molecule has 0 aromatic heterocycles. The zero-order valence-electron chi connectivity index (χ0n) is 17.2. The second-order valence-corrected chi connectivity index (χ2v) is 8.21. The van der Waals surface area contributed by atoms with Crippen LogP contribution in [0.5, 0.6) is 0 Å². The molecule has 0 aliphatic heterocycles. The molecule has 0 amide bonds. The second-order valence-electron chi connectivity index (χ2n) is 6.44. The molecule has 0 saturated carbocycles. The lowest BCUT2D eigenvalue weighted by Crippen LogP contribution is -2.36. The first-order valence-electron chi connectivity index (χ1n) is 9.59. The maximum atomic E-state index is 12.4. The van der Waals surface area contributed by atoms with Gasteiger partial charge in [-0.25, -0.2) is 13.1 Å². The minimum atomic E-state index is -3.56. The molecule has 0 atom stereocenters. The standard InChI is InChI=1S/C21H30N4O3S/c1-4-18-9-5-6-10-19(18)16-24-21(22-2)23-15-17-8-7-11-20(14-17)29(26,27)25-12-13-28-3/h5-11,14,25H,4,12-13,15-16H2,1-3H3,(H2,22,23,24). The highest BCUT2D eigenvalue weighted by Gasteiger charge is 2.13. The molecule has 29 heavy (non-hydrogen) atoms. The Labute approximate surface area is 173 Å². The zero-order valence-corrected chi connectivity index (χ0v) is 18.1. The number of rotatable bonds is 10. The van der Waals surface area contributed by atoms with Gasteiger partial charge in [-0.3, -0.25) is 4.99 Å². The third-order valence-electron chi connectivity index (χ3n) is 4.44. The van der Waals surface area contributed by atoms with Gasteiger partial charge in [0.1, 0.15) is 0 Å². The van der Waals surface area contributed by atoms with Crippen molar-refractivity contribution in [2.45, 2.75) is 31.3 Å². The van der Waals surface area contributed by atoms with Crippen LogP contribution in [0.3, 0.4) is 0 Å². The largest absolute Gasteiger partial charge is 0.383 e. The molecule has 0 unspecified atom stereocenters. The van der Waals surface area contributed by atoms with E-state index in [0.717, 1.165) is 12.0 Å². The van der Waals surface area contributed by atoms with Gasteiger partial charge in [0.05, 0.1) is 11.5 Å². The van der Waals surface area contributed by atoms with Gasteiger partial charge in [-0.05, 0) is 35.2 Å². The summed E-state index contributed by atoms with van der Waals surface area (Å²) in [6.45, 7) is 3.82.